The van der Waals surface area contributed by atoms with Crippen molar-refractivity contribution in [1.82, 2.24) is 4.98 Å². The molecule has 0 aliphatic rings. The molecule has 0 amide bonds. The van der Waals surface area contributed by atoms with Gasteiger partial charge in [-0.1, -0.05) is 17.7 Å². The first-order valence-electron chi connectivity index (χ1n) is 6.68. The topological polar surface area (TPSA) is 63.3 Å². The predicted molar refractivity (Wildman–Crippen MR) is 80.6 cm³/mol. The molecule has 0 aliphatic carbocycles. The lowest BCUT2D eigenvalue weighted by Crippen LogP contribution is -1.94. The van der Waals surface area contributed by atoms with Crippen LogP contribution in [0.25, 0.3) is 22.6 Å². The van der Waals surface area contributed by atoms with Gasteiger partial charge in [0.1, 0.15) is 5.52 Å². The van der Waals surface area contributed by atoms with Crippen molar-refractivity contribution in [2.24, 2.45) is 0 Å². The third-order valence-electron chi connectivity index (χ3n) is 3.53. The summed E-state index contributed by atoms with van der Waals surface area (Å²) in [6.45, 7) is 6.09. The second-order valence-electron chi connectivity index (χ2n) is 5.28. The average molecular weight is 281 g/mol. The highest BCUT2D eigenvalue weighted by molar-refractivity contribution is 5.92. The average Bonchev–Trinajstić information content (AvgIpc) is 2.79. The molecule has 3 aromatic rings. The van der Waals surface area contributed by atoms with E-state index in [9.17, 15) is 4.79 Å². The number of carbonyl (C=O) groups is 1. The van der Waals surface area contributed by atoms with Crippen molar-refractivity contribution in [3.05, 3.63) is 52.6 Å². The largest absolute Gasteiger partial charge is 0.478 e. The summed E-state index contributed by atoms with van der Waals surface area (Å²) in [4.78, 5) is 15.5. The van der Waals surface area contributed by atoms with E-state index in [4.69, 9.17) is 9.52 Å². The molecule has 0 saturated heterocycles. The molecule has 1 N–H and O–H groups in total. The van der Waals surface area contributed by atoms with Gasteiger partial charge in [0.15, 0.2) is 5.58 Å². The standard InChI is InChI=1S/C17H15NO3/c1-9-6-10(2)15(11(3)7-9)16-18-13-5-4-12(17(19)20)8-14(13)21-16/h4-8H,1-3H3,(H,19,20). The summed E-state index contributed by atoms with van der Waals surface area (Å²) in [5.74, 6) is -0.444. The van der Waals surface area contributed by atoms with Gasteiger partial charge in [-0.15, -0.1) is 0 Å². The Morgan fingerprint density at radius 2 is 1.76 bits per heavy atom. The smallest absolute Gasteiger partial charge is 0.335 e. The normalized spacial score (nSPS) is 11.0. The Bertz CT molecular complexity index is 839. The summed E-state index contributed by atoms with van der Waals surface area (Å²) in [6.07, 6.45) is 0. The van der Waals surface area contributed by atoms with Gasteiger partial charge in [0.05, 0.1) is 5.56 Å². The van der Waals surface area contributed by atoms with Crippen molar-refractivity contribution in [1.29, 1.82) is 0 Å². The summed E-state index contributed by atoms with van der Waals surface area (Å²) < 4.78 is 5.77. The number of nitrogens with zero attached hydrogens (tertiary/aromatic N) is 1. The number of oxazole rings is 1. The number of fused-ring (bicyclic) bond motifs is 1. The molecule has 4 heteroatoms. The number of hydrogen-bond acceptors (Lipinski definition) is 3. The minimum atomic E-state index is -0.974. The fourth-order valence-electron chi connectivity index (χ4n) is 2.68. The maximum absolute atomic E-state index is 11.0. The highest BCUT2D eigenvalue weighted by Gasteiger charge is 2.15. The molecule has 0 radical (unpaired) electrons. The molecule has 106 valence electrons. The van der Waals surface area contributed by atoms with Crippen LogP contribution in [-0.2, 0) is 0 Å². The van der Waals surface area contributed by atoms with E-state index in [-0.39, 0.29) is 5.56 Å². The van der Waals surface area contributed by atoms with E-state index in [1.54, 1.807) is 6.07 Å². The van der Waals surface area contributed by atoms with Gasteiger partial charge in [0.25, 0.3) is 0 Å². The number of aromatic carboxylic acids is 1. The Hall–Kier alpha value is -2.62. The maximum atomic E-state index is 11.0. The van der Waals surface area contributed by atoms with Gasteiger partial charge in [0.2, 0.25) is 5.89 Å². The van der Waals surface area contributed by atoms with Crippen LogP contribution in [0.5, 0.6) is 0 Å². The molecule has 0 aliphatic heterocycles. The fraction of sp³-hybridized carbons (Fsp3) is 0.176. The molecule has 21 heavy (non-hydrogen) atoms. The molecular formula is C17H15NO3. The number of aromatic nitrogens is 1. The second-order valence-corrected chi connectivity index (χ2v) is 5.28. The summed E-state index contributed by atoms with van der Waals surface area (Å²) in [5.41, 5.74) is 5.70. The lowest BCUT2D eigenvalue weighted by atomic mass is 10.00. The third-order valence-corrected chi connectivity index (χ3v) is 3.53. The summed E-state index contributed by atoms with van der Waals surface area (Å²) in [6, 6.07) is 8.88. The molecule has 4 nitrogen and oxygen atoms in total. The zero-order valence-corrected chi connectivity index (χ0v) is 12.1. The van der Waals surface area contributed by atoms with Gasteiger partial charge in [-0.3, -0.25) is 0 Å². The van der Waals surface area contributed by atoms with Crippen LogP contribution in [0.3, 0.4) is 0 Å². The van der Waals surface area contributed by atoms with Gasteiger partial charge in [-0.25, -0.2) is 9.78 Å². The zero-order valence-electron chi connectivity index (χ0n) is 12.1. The van der Waals surface area contributed by atoms with E-state index in [1.165, 1.54) is 17.7 Å². The number of carboxylic acid groups (broad SMARTS) is 1. The van der Waals surface area contributed by atoms with E-state index in [0.717, 1.165) is 16.7 Å². The van der Waals surface area contributed by atoms with Crippen molar-refractivity contribution in [2.45, 2.75) is 20.8 Å². The first kappa shape index (κ1) is 13.4. The molecule has 0 spiro atoms. The molecule has 0 fully saturated rings. The Labute approximate surface area is 122 Å². The summed E-state index contributed by atoms with van der Waals surface area (Å²) >= 11 is 0. The first-order valence-corrected chi connectivity index (χ1v) is 6.68. The fourth-order valence-corrected chi connectivity index (χ4v) is 2.68. The van der Waals surface area contributed by atoms with Crippen LogP contribution in [0.4, 0.5) is 0 Å². The van der Waals surface area contributed by atoms with Crippen LogP contribution in [0.2, 0.25) is 0 Å². The highest BCUT2D eigenvalue weighted by atomic mass is 16.4. The van der Waals surface area contributed by atoms with Gasteiger partial charge < -0.3 is 9.52 Å². The lowest BCUT2D eigenvalue weighted by molar-refractivity contribution is 0.0697. The van der Waals surface area contributed by atoms with E-state index < -0.39 is 5.97 Å². The van der Waals surface area contributed by atoms with E-state index in [1.807, 2.05) is 13.8 Å². The second kappa shape index (κ2) is 4.74. The maximum Gasteiger partial charge on any atom is 0.335 e. The van der Waals surface area contributed by atoms with Crippen molar-refractivity contribution < 1.29 is 14.3 Å². The molecule has 0 atom stereocenters. The number of hydrogen-bond donors (Lipinski definition) is 1. The molecule has 0 unspecified atom stereocenters. The SMILES string of the molecule is Cc1cc(C)c(-c2nc3ccc(C(=O)O)cc3o2)c(C)c1. The Kier molecular flexibility index (Phi) is 3.01. The Morgan fingerprint density at radius 3 is 2.38 bits per heavy atom. The molecule has 1 heterocycles. The molecular weight excluding hydrogens is 266 g/mol. The van der Waals surface area contributed by atoms with Crippen molar-refractivity contribution in [3.63, 3.8) is 0 Å². The molecule has 0 saturated carbocycles. The molecule has 2 aromatic carbocycles. The van der Waals surface area contributed by atoms with Crippen molar-refractivity contribution in [3.8, 4) is 11.5 Å². The Balaban J connectivity index is 2.20. The van der Waals surface area contributed by atoms with Crippen LogP contribution in [-0.4, -0.2) is 16.1 Å². The molecule has 3 rings (SSSR count). The minimum absolute atomic E-state index is 0.197. The minimum Gasteiger partial charge on any atom is -0.478 e. The van der Waals surface area contributed by atoms with Gasteiger partial charge in [-0.2, -0.15) is 0 Å². The van der Waals surface area contributed by atoms with Crippen LogP contribution < -0.4 is 0 Å². The quantitative estimate of drug-likeness (QED) is 0.767. The third kappa shape index (κ3) is 2.29. The lowest BCUT2D eigenvalue weighted by Gasteiger charge is -2.07. The Morgan fingerprint density at radius 1 is 1.10 bits per heavy atom. The number of benzene rings is 2. The van der Waals surface area contributed by atoms with E-state index >= 15 is 0 Å². The van der Waals surface area contributed by atoms with E-state index in [0.29, 0.717) is 17.0 Å². The van der Waals surface area contributed by atoms with Crippen LogP contribution in [0.1, 0.15) is 27.0 Å². The molecule has 0 bridgehead atoms. The molecule has 1 aromatic heterocycles. The predicted octanol–water partition coefficient (Wildman–Crippen LogP) is 4.12. The van der Waals surface area contributed by atoms with Crippen molar-refractivity contribution in [2.75, 3.05) is 0 Å². The van der Waals surface area contributed by atoms with Crippen LogP contribution in [0, 0.1) is 20.8 Å². The van der Waals surface area contributed by atoms with Gasteiger partial charge in [-0.05, 0) is 50.1 Å². The number of carboxylic acids is 1. The van der Waals surface area contributed by atoms with Gasteiger partial charge >= 0.3 is 5.97 Å². The van der Waals surface area contributed by atoms with Crippen molar-refractivity contribution >= 4 is 17.1 Å². The monoisotopic (exact) mass is 281 g/mol. The van der Waals surface area contributed by atoms with Crippen LogP contribution in [0.15, 0.2) is 34.7 Å². The number of rotatable bonds is 2. The zero-order chi connectivity index (χ0) is 15.1. The summed E-state index contributed by atoms with van der Waals surface area (Å²) in [5, 5.41) is 9.02. The first-order chi connectivity index (χ1) is 9.95. The highest BCUT2D eigenvalue weighted by Crippen LogP contribution is 2.30. The van der Waals surface area contributed by atoms with Crippen LogP contribution >= 0.6 is 0 Å². The van der Waals surface area contributed by atoms with Gasteiger partial charge in [0, 0.05) is 5.56 Å². The number of aryl methyl sites for hydroxylation is 3. The van der Waals surface area contributed by atoms with E-state index in [2.05, 4.69) is 24.0 Å². The summed E-state index contributed by atoms with van der Waals surface area (Å²) in [7, 11) is 0.